The summed E-state index contributed by atoms with van der Waals surface area (Å²) >= 11 is 0. The number of fused-ring (bicyclic) bond motifs is 1. The van der Waals surface area contributed by atoms with Crippen LogP contribution >= 0.6 is 0 Å². The van der Waals surface area contributed by atoms with Crippen molar-refractivity contribution in [2.45, 2.75) is 33.3 Å². The Hall–Kier alpha value is -4.19. The molecule has 4 aromatic rings. The Labute approximate surface area is 210 Å². The standard InChI is InChI=1S/C30H29FN2O3/c1-20(2)24-11-8-21(3)29(16-24)36-19-30(34)33-32-17-27-26-7-5-4-6-23(26)12-15-28(27)35-18-22-9-13-25(31)14-10-22/h4-17,20H,18-19H2,1-3H3,(H,33,34). The van der Waals surface area contributed by atoms with Crippen LogP contribution < -0.4 is 14.9 Å². The van der Waals surface area contributed by atoms with E-state index in [0.717, 1.165) is 33.0 Å². The molecular formula is C30H29FN2O3. The van der Waals surface area contributed by atoms with E-state index in [-0.39, 0.29) is 24.9 Å². The van der Waals surface area contributed by atoms with Crippen molar-refractivity contribution in [1.29, 1.82) is 0 Å². The lowest BCUT2D eigenvalue weighted by atomic mass is 10.0. The summed E-state index contributed by atoms with van der Waals surface area (Å²) in [5, 5.41) is 6.12. The molecular weight excluding hydrogens is 455 g/mol. The molecule has 0 spiro atoms. The number of ether oxygens (including phenoxy) is 2. The Bertz CT molecular complexity index is 1380. The zero-order chi connectivity index (χ0) is 25.5. The number of nitrogens with zero attached hydrogens (tertiary/aromatic N) is 1. The van der Waals surface area contributed by atoms with Gasteiger partial charge in [0, 0.05) is 5.56 Å². The van der Waals surface area contributed by atoms with Crippen LogP contribution in [-0.4, -0.2) is 18.7 Å². The van der Waals surface area contributed by atoms with E-state index in [1.54, 1.807) is 18.3 Å². The first kappa shape index (κ1) is 24.9. The second-order valence-electron chi connectivity index (χ2n) is 8.88. The molecule has 0 aliphatic carbocycles. The number of benzene rings is 4. The molecule has 1 amide bonds. The Morgan fingerprint density at radius 1 is 0.972 bits per heavy atom. The molecule has 0 heterocycles. The minimum atomic E-state index is -0.366. The van der Waals surface area contributed by atoms with E-state index in [1.807, 2.05) is 55.5 Å². The summed E-state index contributed by atoms with van der Waals surface area (Å²) in [5.41, 5.74) is 6.23. The molecule has 0 radical (unpaired) electrons. The van der Waals surface area contributed by atoms with E-state index in [9.17, 15) is 9.18 Å². The van der Waals surface area contributed by atoms with E-state index in [0.29, 0.717) is 17.4 Å². The number of nitrogens with one attached hydrogen (secondary N) is 1. The fraction of sp³-hybridized carbons (Fsp3) is 0.200. The molecule has 1 N–H and O–H groups in total. The van der Waals surface area contributed by atoms with Crippen molar-refractivity contribution in [3.8, 4) is 11.5 Å². The fourth-order valence-electron chi connectivity index (χ4n) is 3.75. The van der Waals surface area contributed by atoms with Crippen LogP contribution in [0.3, 0.4) is 0 Å². The SMILES string of the molecule is Cc1ccc(C(C)C)cc1OCC(=O)NN=Cc1c(OCc2ccc(F)cc2)ccc2ccccc12. The Kier molecular flexibility index (Phi) is 7.95. The maximum Gasteiger partial charge on any atom is 0.277 e. The highest BCUT2D eigenvalue weighted by atomic mass is 19.1. The van der Waals surface area contributed by atoms with Crippen molar-refractivity contribution in [3.05, 3.63) is 107 Å². The molecule has 0 saturated heterocycles. The maximum atomic E-state index is 13.2. The number of rotatable bonds is 9. The van der Waals surface area contributed by atoms with Crippen molar-refractivity contribution >= 4 is 22.9 Å². The molecule has 184 valence electrons. The van der Waals surface area contributed by atoms with Crippen LogP contribution in [-0.2, 0) is 11.4 Å². The summed E-state index contributed by atoms with van der Waals surface area (Å²) in [5.74, 6) is 1.00. The molecule has 6 heteroatoms. The normalized spacial score (nSPS) is 11.2. The minimum Gasteiger partial charge on any atom is -0.488 e. The molecule has 36 heavy (non-hydrogen) atoms. The summed E-state index contributed by atoms with van der Waals surface area (Å²) in [7, 11) is 0. The Morgan fingerprint density at radius 2 is 1.75 bits per heavy atom. The van der Waals surface area contributed by atoms with Gasteiger partial charge in [0.25, 0.3) is 5.91 Å². The van der Waals surface area contributed by atoms with Crippen molar-refractivity contribution in [1.82, 2.24) is 5.43 Å². The minimum absolute atomic E-state index is 0.150. The zero-order valence-electron chi connectivity index (χ0n) is 20.6. The number of hydrogen-bond donors (Lipinski definition) is 1. The molecule has 0 unspecified atom stereocenters. The van der Waals surface area contributed by atoms with Crippen molar-refractivity contribution in [2.24, 2.45) is 5.10 Å². The fourth-order valence-corrected chi connectivity index (χ4v) is 3.75. The number of hydrogen-bond acceptors (Lipinski definition) is 4. The van der Waals surface area contributed by atoms with Gasteiger partial charge >= 0.3 is 0 Å². The number of hydrazone groups is 1. The second-order valence-corrected chi connectivity index (χ2v) is 8.88. The number of carbonyl (C=O) groups is 1. The lowest BCUT2D eigenvalue weighted by Crippen LogP contribution is -2.24. The predicted octanol–water partition coefficient (Wildman–Crippen LogP) is 6.52. The monoisotopic (exact) mass is 484 g/mol. The van der Waals surface area contributed by atoms with Crippen LogP contribution in [0.15, 0.2) is 84.0 Å². The first-order chi connectivity index (χ1) is 17.4. The number of halogens is 1. The van der Waals surface area contributed by atoms with Crippen LogP contribution in [0.1, 0.15) is 42.0 Å². The first-order valence-electron chi connectivity index (χ1n) is 11.8. The molecule has 0 aliphatic heterocycles. The average Bonchev–Trinajstić information content (AvgIpc) is 2.88. The number of carbonyl (C=O) groups excluding carboxylic acids is 1. The third kappa shape index (κ3) is 6.27. The quantitative estimate of drug-likeness (QED) is 0.217. The van der Waals surface area contributed by atoms with Gasteiger partial charge in [0.2, 0.25) is 0 Å². The van der Waals surface area contributed by atoms with E-state index >= 15 is 0 Å². The van der Waals surface area contributed by atoms with Gasteiger partial charge in [-0.05, 0) is 64.6 Å². The molecule has 4 rings (SSSR count). The van der Waals surface area contributed by atoms with Gasteiger partial charge in [-0.25, -0.2) is 9.82 Å². The first-order valence-corrected chi connectivity index (χ1v) is 11.8. The van der Waals surface area contributed by atoms with Crippen LogP contribution in [0.4, 0.5) is 4.39 Å². The maximum absolute atomic E-state index is 13.2. The highest BCUT2D eigenvalue weighted by Gasteiger charge is 2.10. The number of amides is 1. The van der Waals surface area contributed by atoms with Gasteiger partial charge in [-0.3, -0.25) is 4.79 Å². The molecule has 0 bridgehead atoms. The van der Waals surface area contributed by atoms with Gasteiger partial charge in [0.1, 0.15) is 23.9 Å². The third-order valence-corrected chi connectivity index (χ3v) is 5.86. The van der Waals surface area contributed by atoms with Crippen molar-refractivity contribution in [2.75, 3.05) is 6.61 Å². The summed E-state index contributed by atoms with van der Waals surface area (Å²) in [4.78, 5) is 12.4. The molecule has 0 saturated carbocycles. The zero-order valence-corrected chi connectivity index (χ0v) is 20.6. The van der Waals surface area contributed by atoms with E-state index in [1.165, 1.54) is 12.1 Å². The van der Waals surface area contributed by atoms with Crippen LogP contribution in [0, 0.1) is 12.7 Å². The van der Waals surface area contributed by atoms with Crippen molar-refractivity contribution < 1.29 is 18.7 Å². The third-order valence-electron chi connectivity index (χ3n) is 5.86. The molecule has 0 aliphatic rings. The molecule has 0 aromatic heterocycles. The van der Waals surface area contributed by atoms with E-state index < -0.39 is 0 Å². The highest BCUT2D eigenvalue weighted by molar-refractivity contribution is 6.02. The largest absolute Gasteiger partial charge is 0.488 e. The van der Waals surface area contributed by atoms with Gasteiger partial charge < -0.3 is 9.47 Å². The highest BCUT2D eigenvalue weighted by Crippen LogP contribution is 2.28. The molecule has 5 nitrogen and oxygen atoms in total. The second kappa shape index (κ2) is 11.5. The summed E-state index contributed by atoms with van der Waals surface area (Å²) < 4.78 is 25.0. The average molecular weight is 485 g/mol. The Balaban J connectivity index is 1.45. The molecule has 4 aromatic carbocycles. The lowest BCUT2D eigenvalue weighted by Gasteiger charge is -2.13. The lowest BCUT2D eigenvalue weighted by molar-refractivity contribution is -0.123. The van der Waals surface area contributed by atoms with Gasteiger partial charge in [0.05, 0.1) is 6.21 Å². The topological polar surface area (TPSA) is 59.9 Å². The summed E-state index contributed by atoms with van der Waals surface area (Å²) in [6, 6.07) is 23.9. The smallest absolute Gasteiger partial charge is 0.277 e. The van der Waals surface area contributed by atoms with Crippen LogP contribution in [0.2, 0.25) is 0 Å². The van der Waals surface area contributed by atoms with Crippen LogP contribution in [0.25, 0.3) is 10.8 Å². The molecule has 0 fully saturated rings. The van der Waals surface area contributed by atoms with Gasteiger partial charge in [-0.15, -0.1) is 0 Å². The van der Waals surface area contributed by atoms with E-state index in [2.05, 4.69) is 30.4 Å². The van der Waals surface area contributed by atoms with E-state index in [4.69, 9.17) is 9.47 Å². The summed E-state index contributed by atoms with van der Waals surface area (Å²) in [6.07, 6.45) is 1.57. The van der Waals surface area contributed by atoms with Crippen molar-refractivity contribution in [3.63, 3.8) is 0 Å². The van der Waals surface area contributed by atoms with Crippen LogP contribution in [0.5, 0.6) is 11.5 Å². The van der Waals surface area contributed by atoms with Gasteiger partial charge in [-0.1, -0.05) is 68.4 Å². The predicted molar refractivity (Wildman–Crippen MR) is 141 cm³/mol. The number of aryl methyl sites for hydroxylation is 1. The molecule has 0 atom stereocenters. The van der Waals surface area contributed by atoms with Gasteiger partial charge in [-0.2, -0.15) is 5.10 Å². The van der Waals surface area contributed by atoms with Gasteiger partial charge in [0.15, 0.2) is 6.61 Å². The Morgan fingerprint density at radius 3 is 2.53 bits per heavy atom. The summed E-state index contributed by atoms with van der Waals surface area (Å²) in [6.45, 7) is 6.29.